The van der Waals surface area contributed by atoms with Crippen molar-refractivity contribution in [2.24, 2.45) is 0 Å². The lowest BCUT2D eigenvalue weighted by atomic mass is 10.0. The highest BCUT2D eigenvalue weighted by Crippen LogP contribution is 2.33. The van der Waals surface area contributed by atoms with Crippen molar-refractivity contribution in [3.05, 3.63) is 35.9 Å². The lowest BCUT2D eigenvalue weighted by Gasteiger charge is -2.19. The molecule has 0 aromatic heterocycles. The molecule has 1 aliphatic heterocycles. The summed E-state index contributed by atoms with van der Waals surface area (Å²) in [6, 6.07) is 3.17. The Bertz CT molecular complexity index is 490. The van der Waals surface area contributed by atoms with E-state index in [0.29, 0.717) is 23.3 Å². The monoisotopic (exact) mass is 261 g/mol. The third-order valence-electron chi connectivity index (χ3n) is 3.41. The van der Waals surface area contributed by atoms with Crippen molar-refractivity contribution in [2.45, 2.75) is 19.3 Å². The Labute approximate surface area is 113 Å². The molecule has 1 aliphatic rings. The third-order valence-corrected chi connectivity index (χ3v) is 3.41. The summed E-state index contributed by atoms with van der Waals surface area (Å²) < 4.78 is 5.34. The largest absolute Gasteiger partial charge is 0.508 e. The van der Waals surface area contributed by atoms with Crippen LogP contribution in [-0.2, 0) is 6.42 Å². The molecule has 2 rings (SSSR count). The first-order valence-corrected chi connectivity index (χ1v) is 6.48. The molecule has 19 heavy (non-hydrogen) atoms. The molecule has 1 amide bonds. The van der Waals surface area contributed by atoms with Crippen molar-refractivity contribution in [1.82, 2.24) is 4.90 Å². The molecule has 1 heterocycles. The number of amides is 1. The highest BCUT2D eigenvalue weighted by atomic mass is 16.5. The minimum atomic E-state index is -0.0281. The number of rotatable bonds is 4. The molecule has 4 heteroatoms. The molecule has 0 radical (unpaired) electrons. The van der Waals surface area contributed by atoms with Gasteiger partial charge in [-0.15, -0.1) is 6.58 Å². The highest BCUT2D eigenvalue weighted by molar-refractivity contribution is 5.98. The second kappa shape index (κ2) is 5.78. The van der Waals surface area contributed by atoms with Crippen LogP contribution in [0, 0.1) is 0 Å². The summed E-state index contributed by atoms with van der Waals surface area (Å²) in [5.74, 6) is 0.561. The molecule has 0 atom stereocenters. The van der Waals surface area contributed by atoms with Crippen LogP contribution in [0.3, 0.4) is 0 Å². The maximum Gasteiger partial charge on any atom is 0.257 e. The molecular weight excluding hydrogens is 242 g/mol. The predicted molar refractivity (Wildman–Crippen MR) is 73.7 cm³/mol. The van der Waals surface area contributed by atoms with Crippen LogP contribution in [0.4, 0.5) is 0 Å². The Morgan fingerprint density at radius 3 is 2.74 bits per heavy atom. The van der Waals surface area contributed by atoms with Gasteiger partial charge < -0.3 is 14.7 Å². The van der Waals surface area contributed by atoms with Gasteiger partial charge in [0.1, 0.15) is 11.5 Å². The molecular formula is C15H19NO3. The number of phenolic OH excluding ortho intramolecular Hbond substituents is 1. The van der Waals surface area contributed by atoms with Crippen LogP contribution in [0.1, 0.15) is 28.8 Å². The summed E-state index contributed by atoms with van der Waals surface area (Å²) in [4.78, 5) is 14.3. The van der Waals surface area contributed by atoms with Gasteiger partial charge in [-0.25, -0.2) is 0 Å². The molecule has 102 valence electrons. The quantitative estimate of drug-likeness (QED) is 0.846. The van der Waals surface area contributed by atoms with Gasteiger partial charge in [-0.1, -0.05) is 6.08 Å². The van der Waals surface area contributed by atoms with E-state index in [1.54, 1.807) is 18.2 Å². The molecule has 1 aromatic carbocycles. The number of hydrogen-bond acceptors (Lipinski definition) is 3. The number of hydrogen-bond donors (Lipinski definition) is 1. The van der Waals surface area contributed by atoms with Gasteiger partial charge in [0.05, 0.1) is 12.7 Å². The maximum atomic E-state index is 12.4. The summed E-state index contributed by atoms with van der Waals surface area (Å²) in [7, 11) is 1.52. The van der Waals surface area contributed by atoms with Crippen LogP contribution < -0.4 is 4.74 Å². The van der Waals surface area contributed by atoms with E-state index >= 15 is 0 Å². The number of likely N-dealkylation sites (tertiary alicyclic amines) is 1. The second-order valence-electron chi connectivity index (χ2n) is 4.64. The summed E-state index contributed by atoms with van der Waals surface area (Å²) in [6.45, 7) is 5.25. The lowest BCUT2D eigenvalue weighted by Crippen LogP contribution is -2.28. The first-order chi connectivity index (χ1) is 9.19. The average Bonchev–Trinajstić information content (AvgIpc) is 2.94. The van der Waals surface area contributed by atoms with Gasteiger partial charge >= 0.3 is 0 Å². The summed E-state index contributed by atoms with van der Waals surface area (Å²) in [5.41, 5.74) is 1.13. The molecule has 0 bridgehead atoms. The minimum absolute atomic E-state index is 0.0281. The Hall–Kier alpha value is -1.97. The van der Waals surface area contributed by atoms with E-state index in [9.17, 15) is 9.90 Å². The van der Waals surface area contributed by atoms with Crippen molar-refractivity contribution in [3.8, 4) is 11.5 Å². The van der Waals surface area contributed by atoms with Crippen LogP contribution in [0.15, 0.2) is 24.8 Å². The maximum absolute atomic E-state index is 12.4. The van der Waals surface area contributed by atoms with E-state index in [4.69, 9.17) is 4.74 Å². The summed E-state index contributed by atoms with van der Waals surface area (Å²) in [6.07, 6.45) is 4.25. The van der Waals surface area contributed by atoms with E-state index in [-0.39, 0.29) is 11.7 Å². The van der Waals surface area contributed by atoms with E-state index in [0.717, 1.165) is 25.9 Å². The number of carbonyl (C=O) groups excluding carboxylic acids is 1. The van der Waals surface area contributed by atoms with E-state index < -0.39 is 0 Å². The Kier molecular flexibility index (Phi) is 4.10. The minimum Gasteiger partial charge on any atom is -0.508 e. The van der Waals surface area contributed by atoms with Crippen LogP contribution in [0.5, 0.6) is 11.5 Å². The van der Waals surface area contributed by atoms with Crippen molar-refractivity contribution in [2.75, 3.05) is 20.2 Å². The SMILES string of the molecule is C=CCc1c(O)ccc(C(=O)N2CCCC2)c1OC. The zero-order chi connectivity index (χ0) is 13.8. The molecule has 1 saturated heterocycles. The van der Waals surface area contributed by atoms with Gasteiger partial charge in [0, 0.05) is 18.7 Å². The van der Waals surface area contributed by atoms with Crippen molar-refractivity contribution in [3.63, 3.8) is 0 Å². The van der Waals surface area contributed by atoms with E-state index in [2.05, 4.69) is 6.58 Å². The molecule has 0 spiro atoms. The summed E-state index contributed by atoms with van der Waals surface area (Å²) >= 11 is 0. The van der Waals surface area contributed by atoms with Gasteiger partial charge in [-0.2, -0.15) is 0 Å². The van der Waals surface area contributed by atoms with Gasteiger partial charge in [0.15, 0.2) is 0 Å². The molecule has 0 aliphatic carbocycles. The number of aromatic hydroxyl groups is 1. The fourth-order valence-corrected chi connectivity index (χ4v) is 2.45. The smallest absolute Gasteiger partial charge is 0.257 e. The number of methoxy groups -OCH3 is 1. The Balaban J connectivity index is 2.41. The first kappa shape index (κ1) is 13.5. The molecule has 0 unspecified atom stereocenters. The Morgan fingerprint density at radius 2 is 2.16 bits per heavy atom. The topological polar surface area (TPSA) is 49.8 Å². The van der Waals surface area contributed by atoms with Crippen LogP contribution in [0.25, 0.3) is 0 Å². The van der Waals surface area contributed by atoms with Gasteiger partial charge in [0.25, 0.3) is 5.91 Å². The fraction of sp³-hybridized carbons (Fsp3) is 0.400. The van der Waals surface area contributed by atoms with Crippen LogP contribution in [-0.4, -0.2) is 36.1 Å². The standard InChI is InChI=1S/C15H19NO3/c1-3-6-11-13(17)8-7-12(14(11)19-2)15(18)16-9-4-5-10-16/h3,7-8,17H,1,4-6,9-10H2,2H3. The van der Waals surface area contributed by atoms with Crippen LogP contribution in [0.2, 0.25) is 0 Å². The van der Waals surface area contributed by atoms with Crippen molar-refractivity contribution >= 4 is 5.91 Å². The zero-order valence-electron chi connectivity index (χ0n) is 11.2. The number of nitrogens with zero attached hydrogens (tertiary/aromatic N) is 1. The van der Waals surface area contributed by atoms with Crippen LogP contribution >= 0.6 is 0 Å². The Morgan fingerprint density at radius 1 is 1.47 bits per heavy atom. The van der Waals surface area contributed by atoms with E-state index in [1.165, 1.54) is 7.11 Å². The third kappa shape index (κ3) is 2.57. The van der Waals surface area contributed by atoms with E-state index in [1.807, 2.05) is 4.90 Å². The fourth-order valence-electron chi connectivity index (χ4n) is 2.45. The molecule has 1 aromatic rings. The van der Waals surface area contributed by atoms with Gasteiger partial charge in [0.2, 0.25) is 0 Å². The van der Waals surface area contributed by atoms with Gasteiger partial charge in [-0.05, 0) is 31.4 Å². The normalized spacial score (nSPS) is 14.5. The average molecular weight is 261 g/mol. The van der Waals surface area contributed by atoms with Crippen molar-refractivity contribution in [1.29, 1.82) is 0 Å². The first-order valence-electron chi connectivity index (χ1n) is 6.48. The summed E-state index contributed by atoms with van der Waals surface area (Å²) in [5, 5.41) is 9.87. The number of benzene rings is 1. The van der Waals surface area contributed by atoms with Crippen molar-refractivity contribution < 1.29 is 14.6 Å². The van der Waals surface area contributed by atoms with Gasteiger partial charge in [-0.3, -0.25) is 4.79 Å². The number of allylic oxidation sites excluding steroid dienone is 1. The lowest BCUT2D eigenvalue weighted by molar-refractivity contribution is 0.0789. The predicted octanol–water partition coefficient (Wildman–Crippen LogP) is 2.37. The number of ether oxygens (including phenoxy) is 1. The molecule has 4 nitrogen and oxygen atoms in total. The number of phenols is 1. The number of carbonyl (C=O) groups is 1. The highest BCUT2D eigenvalue weighted by Gasteiger charge is 2.24. The zero-order valence-corrected chi connectivity index (χ0v) is 11.2. The second-order valence-corrected chi connectivity index (χ2v) is 4.64. The molecule has 0 saturated carbocycles. The molecule has 1 fully saturated rings. The molecule has 1 N–H and O–H groups in total.